The minimum atomic E-state index is -4.05. The van der Waals surface area contributed by atoms with Crippen LogP contribution in [-0.4, -0.2) is 36.1 Å². The molecule has 6 nitrogen and oxygen atoms in total. The first-order valence-corrected chi connectivity index (χ1v) is 4.68. The summed E-state index contributed by atoms with van der Waals surface area (Å²) in [4.78, 5) is 10.4. The number of hydrogen-bond donors (Lipinski definition) is 1. The first-order chi connectivity index (χ1) is 5.36. The predicted molar refractivity (Wildman–Crippen MR) is 38.8 cm³/mol. The fourth-order valence-corrected chi connectivity index (χ4v) is 2.39. The van der Waals surface area contributed by atoms with Crippen LogP contribution in [0.15, 0.2) is 0 Å². The van der Waals surface area contributed by atoms with Crippen molar-refractivity contribution >= 4 is 16.4 Å². The normalized spacial score (nSPS) is 33.7. The lowest BCUT2D eigenvalue weighted by Crippen LogP contribution is -2.37. The van der Waals surface area contributed by atoms with Crippen molar-refractivity contribution in [2.45, 2.75) is 26.0 Å². The maximum Gasteiger partial charge on any atom is 0.423 e. The van der Waals surface area contributed by atoms with Crippen LogP contribution in [0.25, 0.3) is 0 Å². The van der Waals surface area contributed by atoms with Crippen LogP contribution in [-0.2, 0) is 14.5 Å². The van der Waals surface area contributed by atoms with Crippen LogP contribution in [0, 0.1) is 0 Å². The molecule has 0 aromatic rings. The summed E-state index contributed by atoms with van der Waals surface area (Å²) in [5.74, 6) is 0. The van der Waals surface area contributed by atoms with Crippen LogP contribution in [0.2, 0.25) is 0 Å². The number of hydrogen-bond acceptors (Lipinski definition) is 4. The smallest absolute Gasteiger partial charge is 0.423 e. The molecule has 1 aliphatic rings. The summed E-state index contributed by atoms with van der Waals surface area (Å²) in [6, 6.07) is -0.660. The lowest BCUT2D eigenvalue weighted by atomic mass is 10.2. The Kier molecular flexibility index (Phi) is 2.01. The van der Waals surface area contributed by atoms with Gasteiger partial charge in [-0.05, 0) is 13.8 Å². The average molecular weight is 195 g/mol. The van der Waals surface area contributed by atoms with Gasteiger partial charge in [0, 0.05) is 0 Å². The number of carboxylic acid groups (broad SMARTS) is 1. The highest BCUT2D eigenvalue weighted by molar-refractivity contribution is 7.85. The second-order valence-electron chi connectivity index (χ2n) is 2.58. The molecule has 1 amide bonds. The molecule has 0 spiro atoms. The largest absolute Gasteiger partial charge is 0.464 e. The first kappa shape index (κ1) is 9.27. The summed E-state index contributed by atoms with van der Waals surface area (Å²) < 4.78 is 26.7. The molecule has 1 rings (SSSR count). The Morgan fingerprint density at radius 1 is 1.50 bits per heavy atom. The second-order valence-corrected chi connectivity index (χ2v) is 4.02. The van der Waals surface area contributed by atoms with E-state index in [0.29, 0.717) is 4.31 Å². The van der Waals surface area contributed by atoms with E-state index < -0.39 is 28.5 Å². The van der Waals surface area contributed by atoms with Crippen LogP contribution >= 0.6 is 0 Å². The fourth-order valence-electron chi connectivity index (χ4n) is 0.983. The first-order valence-electron chi connectivity index (χ1n) is 3.32. The molecule has 1 heterocycles. The molecule has 0 bridgehead atoms. The highest BCUT2D eigenvalue weighted by Gasteiger charge is 2.44. The monoisotopic (exact) mass is 195 g/mol. The van der Waals surface area contributed by atoms with E-state index in [1.165, 1.54) is 13.8 Å². The Bertz CT molecular complexity index is 297. The van der Waals surface area contributed by atoms with Crippen LogP contribution < -0.4 is 0 Å². The number of amides is 1. The molecule has 1 fully saturated rings. The van der Waals surface area contributed by atoms with E-state index in [-0.39, 0.29) is 0 Å². The zero-order chi connectivity index (χ0) is 9.52. The van der Waals surface area contributed by atoms with Crippen molar-refractivity contribution in [1.29, 1.82) is 0 Å². The van der Waals surface area contributed by atoms with Crippen LogP contribution in [0.1, 0.15) is 13.8 Å². The third kappa shape index (κ3) is 1.25. The SMILES string of the molecule is C[C@@H]1OS(=O)(=O)N(C(=O)O)[C@@H]1C. The van der Waals surface area contributed by atoms with Gasteiger partial charge in [-0.2, -0.15) is 12.7 Å². The van der Waals surface area contributed by atoms with Crippen LogP contribution in [0.4, 0.5) is 4.79 Å². The van der Waals surface area contributed by atoms with E-state index >= 15 is 0 Å². The third-order valence-corrected chi connectivity index (χ3v) is 3.27. The van der Waals surface area contributed by atoms with Gasteiger partial charge in [0.15, 0.2) is 0 Å². The van der Waals surface area contributed by atoms with Gasteiger partial charge < -0.3 is 5.11 Å². The van der Waals surface area contributed by atoms with Crippen molar-refractivity contribution in [3.05, 3.63) is 0 Å². The van der Waals surface area contributed by atoms with Gasteiger partial charge >= 0.3 is 16.4 Å². The van der Waals surface area contributed by atoms with Gasteiger partial charge in [-0.15, -0.1) is 0 Å². The Balaban J connectivity index is 3.06. The van der Waals surface area contributed by atoms with Crippen molar-refractivity contribution in [1.82, 2.24) is 4.31 Å². The Morgan fingerprint density at radius 3 is 2.17 bits per heavy atom. The molecule has 0 aromatic carbocycles. The third-order valence-electron chi connectivity index (χ3n) is 1.75. The van der Waals surface area contributed by atoms with Crippen molar-refractivity contribution in [3.63, 3.8) is 0 Å². The number of carbonyl (C=O) groups is 1. The van der Waals surface area contributed by atoms with Crippen LogP contribution in [0.3, 0.4) is 0 Å². The van der Waals surface area contributed by atoms with Crippen molar-refractivity contribution in [3.8, 4) is 0 Å². The molecular weight excluding hydrogens is 186 g/mol. The van der Waals surface area contributed by atoms with Gasteiger partial charge in [0.1, 0.15) is 0 Å². The molecule has 1 aliphatic heterocycles. The molecule has 0 aliphatic carbocycles. The van der Waals surface area contributed by atoms with Gasteiger partial charge in [0.25, 0.3) is 0 Å². The predicted octanol–water partition coefficient (Wildman–Crippen LogP) is 0.0184. The van der Waals surface area contributed by atoms with E-state index in [0.717, 1.165) is 0 Å². The molecule has 0 radical (unpaired) electrons. The van der Waals surface area contributed by atoms with Crippen molar-refractivity contribution < 1.29 is 22.5 Å². The highest BCUT2D eigenvalue weighted by Crippen LogP contribution is 2.23. The van der Waals surface area contributed by atoms with Gasteiger partial charge in [-0.25, -0.2) is 8.98 Å². The molecule has 0 aromatic heterocycles. The fraction of sp³-hybridized carbons (Fsp3) is 0.800. The summed E-state index contributed by atoms with van der Waals surface area (Å²) in [5, 5.41) is 8.50. The zero-order valence-corrected chi connectivity index (χ0v) is 7.41. The van der Waals surface area contributed by atoms with E-state index in [1.54, 1.807) is 0 Å². The maximum atomic E-state index is 10.9. The molecule has 12 heavy (non-hydrogen) atoms. The number of nitrogens with zero attached hydrogens (tertiary/aromatic N) is 1. The Hall–Kier alpha value is -0.820. The molecule has 70 valence electrons. The minimum Gasteiger partial charge on any atom is -0.464 e. The lowest BCUT2D eigenvalue weighted by molar-refractivity contribution is 0.159. The van der Waals surface area contributed by atoms with Crippen LogP contribution in [0.5, 0.6) is 0 Å². The van der Waals surface area contributed by atoms with Crippen molar-refractivity contribution in [2.75, 3.05) is 0 Å². The topological polar surface area (TPSA) is 83.9 Å². The highest BCUT2D eigenvalue weighted by atomic mass is 32.2. The zero-order valence-electron chi connectivity index (χ0n) is 6.59. The standard InChI is InChI=1S/C5H9NO5S/c1-3-4(2)11-12(9,10)6(3)5(7)8/h3-4H,1-2H3,(H,7,8)/t3-,4+/m1/s1. The molecule has 1 saturated heterocycles. The van der Waals surface area contributed by atoms with Gasteiger partial charge in [-0.3, -0.25) is 0 Å². The van der Waals surface area contributed by atoms with Gasteiger partial charge in [0.2, 0.25) is 0 Å². The molecule has 2 atom stereocenters. The lowest BCUT2D eigenvalue weighted by Gasteiger charge is -2.13. The summed E-state index contributed by atoms with van der Waals surface area (Å²) in [5.41, 5.74) is 0. The van der Waals surface area contributed by atoms with E-state index in [2.05, 4.69) is 4.18 Å². The van der Waals surface area contributed by atoms with E-state index in [9.17, 15) is 13.2 Å². The minimum absolute atomic E-state index is 0.317. The Labute approximate surface area is 70.0 Å². The second kappa shape index (κ2) is 2.60. The molecule has 0 unspecified atom stereocenters. The average Bonchev–Trinajstić information content (AvgIpc) is 2.01. The summed E-state index contributed by atoms with van der Waals surface area (Å²) >= 11 is 0. The maximum absolute atomic E-state index is 10.9. The molecular formula is C5H9NO5S. The molecule has 0 saturated carbocycles. The molecule has 1 N–H and O–H groups in total. The summed E-state index contributed by atoms with van der Waals surface area (Å²) in [6.45, 7) is 2.98. The van der Waals surface area contributed by atoms with Crippen molar-refractivity contribution in [2.24, 2.45) is 0 Å². The van der Waals surface area contributed by atoms with E-state index in [4.69, 9.17) is 5.11 Å². The summed E-state index contributed by atoms with van der Waals surface area (Å²) in [6.07, 6.45) is -2.13. The van der Waals surface area contributed by atoms with Gasteiger partial charge in [0.05, 0.1) is 12.1 Å². The number of rotatable bonds is 0. The summed E-state index contributed by atoms with van der Waals surface area (Å²) in [7, 11) is -4.05. The van der Waals surface area contributed by atoms with E-state index in [1.807, 2.05) is 0 Å². The molecule has 7 heteroatoms. The Morgan fingerprint density at radius 2 is 2.00 bits per heavy atom. The van der Waals surface area contributed by atoms with Gasteiger partial charge in [-0.1, -0.05) is 0 Å². The quantitative estimate of drug-likeness (QED) is 0.589.